The highest BCUT2D eigenvalue weighted by molar-refractivity contribution is 7.98. The summed E-state index contributed by atoms with van der Waals surface area (Å²) in [6.07, 6.45) is 0. The molecule has 0 radical (unpaired) electrons. The molecule has 1 aliphatic rings. The minimum Gasteiger partial charge on any atom is -0.454 e. The van der Waals surface area contributed by atoms with E-state index >= 15 is 0 Å². The first-order chi connectivity index (χ1) is 9.65. The molecule has 2 aromatic rings. The Hall–Kier alpha value is -1.52. The van der Waals surface area contributed by atoms with Crippen LogP contribution in [0.1, 0.15) is 11.1 Å². The van der Waals surface area contributed by atoms with Gasteiger partial charge >= 0.3 is 0 Å². The van der Waals surface area contributed by atoms with E-state index in [2.05, 4.69) is 6.07 Å². The SMILES string of the molecule is Cc1c(N)cccc1SCc1cc(Cl)c2c(c1)OCO2. The average Bonchev–Trinajstić information content (AvgIpc) is 2.89. The number of hydrogen-bond donors (Lipinski definition) is 1. The quantitative estimate of drug-likeness (QED) is 0.680. The lowest BCUT2D eigenvalue weighted by molar-refractivity contribution is 0.174. The van der Waals surface area contributed by atoms with Crippen molar-refractivity contribution in [3.05, 3.63) is 46.5 Å². The first-order valence-corrected chi connectivity index (χ1v) is 7.57. The van der Waals surface area contributed by atoms with E-state index in [1.807, 2.05) is 31.2 Å². The summed E-state index contributed by atoms with van der Waals surface area (Å²) < 4.78 is 10.7. The molecule has 0 spiro atoms. The van der Waals surface area contributed by atoms with Gasteiger partial charge < -0.3 is 15.2 Å². The Bertz CT molecular complexity index is 661. The van der Waals surface area contributed by atoms with E-state index in [0.717, 1.165) is 28.3 Å². The van der Waals surface area contributed by atoms with Gasteiger partial charge in [0.25, 0.3) is 0 Å². The summed E-state index contributed by atoms with van der Waals surface area (Å²) >= 11 is 7.91. The molecule has 0 amide bonds. The molecule has 104 valence electrons. The van der Waals surface area contributed by atoms with Crippen LogP contribution in [-0.4, -0.2) is 6.79 Å². The summed E-state index contributed by atoms with van der Waals surface area (Å²) in [6, 6.07) is 9.85. The highest BCUT2D eigenvalue weighted by Crippen LogP contribution is 2.41. The molecule has 3 rings (SSSR count). The first kappa shape index (κ1) is 13.5. The number of hydrogen-bond acceptors (Lipinski definition) is 4. The predicted octanol–water partition coefficient (Wildman–Crippen LogP) is 4.25. The lowest BCUT2D eigenvalue weighted by atomic mass is 10.2. The number of halogens is 1. The maximum atomic E-state index is 6.18. The normalized spacial score (nSPS) is 12.7. The summed E-state index contributed by atoms with van der Waals surface area (Å²) in [6.45, 7) is 2.27. The minimum absolute atomic E-state index is 0.236. The maximum Gasteiger partial charge on any atom is 0.231 e. The molecule has 1 aliphatic heterocycles. The van der Waals surface area contributed by atoms with Crippen LogP contribution in [0.4, 0.5) is 5.69 Å². The fourth-order valence-electron chi connectivity index (χ4n) is 2.05. The number of nitrogen functional groups attached to an aromatic ring is 1. The van der Waals surface area contributed by atoms with E-state index < -0.39 is 0 Å². The van der Waals surface area contributed by atoms with E-state index in [-0.39, 0.29) is 6.79 Å². The van der Waals surface area contributed by atoms with Crippen molar-refractivity contribution in [1.29, 1.82) is 0 Å². The summed E-state index contributed by atoms with van der Waals surface area (Å²) in [5.74, 6) is 2.17. The lowest BCUT2D eigenvalue weighted by Crippen LogP contribution is -1.93. The molecule has 0 aliphatic carbocycles. The molecule has 1 heterocycles. The maximum absolute atomic E-state index is 6.18. The standard InChI is InChI=1S/C15H14ClNO2S/c1-9-12(17)3-2-4-14(9)20-7-10-5-11(16)15-13(6-10)18-8-19-15/h2-6H,7-8,17H2,1H3. The van der Waals surface area contributed by atoms with Crippen LogP contribution in [0.3, 0.4) is 0 Å². The van der Waals surface area contributed by atoms with Crippen LogP contribution in [0.5, 0.6) is 11.5 Å². The van der Waals surface area contributed by atoms with E-state index in [9.17, 15) is 0 Å². The van der Waals surface area contributed by atoms with Gasteiger partial charge in [-0.1, -0.05) is 17.7 Å². The summed E-state index contributed by atoms with van der Waals surface area (Å²) in [4.78, 5) is 1.18. The van der Waals surface area contributed by atoms with Gasteiger partial charge in [0.05, 0.1) is 5.02 Å². The van der Waals surface area contributed by atoms with Gasteiger partial charge in [-0.3, -0.25) is 0 Å². The van der Waals surface area contributed by atoms with Gasteiger partial charge in [0, 0.05) is 16.3 Å². The second-order valence-electron chi connectivity index (χ2n) is 4.57. The first-order valence-electron chi connectivity index (χ1n) is 6.21. The molecular weight excluding hydrogens is 294 g/mol. The molecule has 0 saturated carbocycles. The minimum atomic E-state index is 0.236. The second-order valence-corrected chi connectivity index (χ2v) is 5.99. The number of thioether (sulfide) groups is 1. The van der Waals surface area contributed by atoms with E-state index in [1.165, 1.54) is 4.90 Å². The fourth-order valence-corrected chi connectivity index (χ4v) is 3.34. The van der Waals surface area contributed by atoms with Gasteiger partial charge in [-0.05, 0) is 42.3 Å². The third-order valence-corrected chi connectivity index (χ3v) is 4.72. The van der Waals surface area contributed by atoms with Crippen LogP contribution < -0.4 is 15.2 Å². The summed E-state index contributed by atoms with van der Waals surface area (Å²) in [7, 11) is 0. The van der Waals surface area contributed by atoms with Gasteiger partial charge in [0.1, 0.15) is 0 Å². The zero-order valence-electron chi connectivity index (χ0n) is 11.0. The Kier molecular flexibility index (Phi) is 3.68. The zero-order chi connectivity index (χ0) is 14.1. The van der Waals surface area contributed by atoms with Gasteiger partial charge in [0.2, 0.25) is 6.79 Å². The van der Waals surface area contributed by atoms with Crippen molar-refractivity contribution < 1.29 is 9.47 Å². The molecular formula is C15H14ClNO2S. The predicted molar refractivity (Wildman–Crippen MR) is 82.7 cm³/mol. The molecule has 0 aromatic heterocycles. The third kappa shape index (κ3) is 2.53. The molecule has 2 N–H and O–H groups in total. The number of anilines is 1. The Balaban J connectivity index is 1.79. The second kappa shape index (κ2) is 5.46. The van der Waals surface area contributed by atoms with Gasteiger partial charge in [-0.15, -0.1) is 11.8 Å². The van der Waals surface area contributed by atoms with Crippen molar-refractivity contribution in [2.24, 2.45) is 0 Å². The zero-order valence-corrected chi connectivity index (χ0v) is 12.6. The van der Waals surface area contributed by atoms with Crippen LogP contribution in [0, 0.1) is 6.92 Å². The van der Waals surface area contributed by atoms with Crippen molar-refractivity contribution >= 4 is 29.1 Å². The van der Waals surface area contributed by atoms with Gasteiger partial charge in [-0.2, -0.15) is 0 Å². The summed E-state index contributed by atoms with van der Waals surface area (Å²) in [5.41, 5.74) is 8.95. The highest BCUT2D eigenvalue weighted by Gasteiger charge is 2.18. The molecule has 2 aromatic carbocycles. The largest absolute Gasteiger partial charge is 0.454 e. The Labute approximate surface area is 127 Å². The Morgan fingerprint density at radius 3 is 3.00 bits per heavy atom. The monoisotopic (exact) mass is 307 g/mol. The van der Waals surface area contributed by atoms with Crippen molar-refractivity contribution in [2.75, 3.05) is 12.5 Å². The van der Waals surface area contributed by atoms with Gasteiger partial charge in [-0.25, -0.2) is 0 Å². The Morgan fingerprint density at radius 2 is 2.15 bits per heavy atom. The average molecular weight is 308 g/mol. The van der Waals surface area contributed by atoms with Crippen molar-refractivity contribution in [3.8, 4) is 11.5 Å². The number of benzene rings is 2. The van der Waals surface area contributed by atoms with E-state index in [4.69, 9.17) is 26.8 Å². The highest BCUT2D eigenvalue weighted by atomic mass is 35.5. The smallest absolute Gasteiger partial charge is 0.231 e. The third-order valence-electron chi connectivity index (χ3n) is 3.21. The fraction of sp³-hybridized carbons (Fsp3) is 0.200. The molecule has 0 bridgehead atoms. The number of rotatable bonds is 3. The summed E-state index contributed by atoms with van der Waals surface area (Å²) in [5, 5.41) is 0.597. The molecule has 0 fully saturated rings. The molecule has 0 atom stereocenters. The van der Waals surface area contributed by atoms with Crippen molar-refractivity contribution in [2.45, 2.75) is 17.6 Å². The van der Waals surface area contributed by atoms with E-state index in [1.54, 1.807) is 11.8 Å². The van der Waals surface area contributed by atoms with Crippen molar-refractivity contribution in [1.82, 2.24) is 0 Å². The number of nitrogens with two attached hydrogens (primary N) is 1. The molecule has 0 unspecified atom stereocenters. The molecule has 3 nitrogen and oxygen atoms in total. The van der Waals surface area contributed by atoms with Gasteiger partial charge in [0.15, 0.2) is 11.5 Å². The lowest BCUT2D eigenvalue weighted by Gasteiger charge is -2.09. The Morgan fingerprint density at radius 1 is 1.30 bits per heavy atom. The molecule has 0 saturated heterocycles. The number of ether oxygens (including phenoxy) is 2. The molecule has 20 heavy (non-hydrogen) atoms. The number of fused-ring (bicyclic) bond motifs is 1. The van der Waals surface area contributed by atoms with Crippen LogP contribution in [0.2, 0.25) is 5.02 Å². The topological polar surface area (TPSA) is 44.5 Å². The van der Waals surface area contributed by atoms with Crippen molar-refractivity contribution in [3.63, 3.8) is 0 Å². The van der Waals surface area contributed by atoms with Crippen LogP contribution in [-0.2, 0) is 5.75 Å². The van der Waals surface area contributed by atoms with E-state index in [0.29, 0.717) is 10.8 Å². The van der Waals surface area contributed by atoms with Crippen LogP contribution in [0.25, 0.3) is 0 Å². The molecule has 5 heteroatoms. The van der Waals surface area contributed by atoms with Crippen LogP contribution in [0.15, 0.2) is 35.2 Å². The van der Waals surface area contributed by atoms with Crippen LogP contribution >= 0.6 is 23.4 Å².